The molecule has 0 N–H and O–H groups in total. The van der Waals surface area contributed by atoms with Crippen LogP contribution >= 0.6 is 0 Å². The van der Waals surface area contributed by atoms with Crippen LogP contribution in [0.1, 0.15) is 22.5 Å². The van der Waals surface area contributed by atoms with Crippen LogP contribution in [-0.4, -0.2) is 4.98 Å². The Morgan fingerprint density at radius 1 is 0.826 bits per heavy atom. The predicted octanol–water partition coefficient (Wildman–Crippen LogP) is 5.14. The predicted molar refractivity (Wildman–Crippen MR) is 95.1 cm³/mol. The van der Waals surface area contributed by atoms with E-state index in [1.54, 1.807) is 0 Å². The van der Waals surface area contributed by atoms with Gasteiger partial charge in [0.1, 0.15) is 18.1 Å². The van der Waals surface area contributed by atoms with Crippen LogP contribution in [0.3, 0.4) is 0 Å². The van der Waals surface area contributed by atoms with Gasteiger partial charge in [0.15, 0.2) is 0 Å². The van der Waals surface area contributed by atoms with Crippen molar-refractivity contribution in [2.24, 2.45) is 0 Å². The van der Waals surface area contributed by atoms with Gasteiger partial charge in [-0.2, -0.15) is 0 Å². The first-order chi connectivity index (χ1) is 11.3. The number of rotatable bonds is 5. The third kappa shape index (κ3) is 4.30. The van der Waals surface area contributed by atoms with Gasteiger partial charge in [-0.05, 0) is 36.3 Å². The first kappa shape index (κ1) is 15.0. The summed E-state index contributed by atoms with van der Waals surface area (Å²) >= 11 is 0. The van der Waals surface area contributed by atoms with Crippen LogP contribution in [0.25, 0.3) is 12.2 Å². The summed E-state index contributed by atoms with van der Waals surface area (Å²) in [6.45, 7) is 2.53. The molecule has 0 fully saturated rings. The Morgan fingerprint density at radius 3 is 2.26 bits per heavy atom. The number of nitrogens with zero attached hydrogens (tertiary/aromatic N) is 1. The summed E-state index contributed by atoms with van der Waals surface area (Å²) in [6.07, 6.45) is 4.06. The number of pyridine rings is 1. The van der Waals surface area contributed by atoms with E-state index >= 15 is 0 Å². The van der Waals surface area contributed by atoms with Gasteiger partial charge in [0, 0.05) is 5.69 Å². The zero-order chi connectivity index (χ0) is 15.9. The second-order valence-electron chi connectivity index (χ2n) is 5.35. The summed E-state index contributed by atoms with van der Waals surface area (Å²) < 4.78 is 5.95. The highest BCUT2D eigenvalue weighted by Gasteiger charge is 2.04. The van der Waals surface area contributed by atoms with E-state index in [1.165, 1.54) is 0 Å². The molecule has 0 amide bonds. The minimum absolute atomic E-state index is 0.539. The van der Waals surface area contributed by atoms with Gasteiger partial charge < -0.3 is 4.74 Å². The fraction of sp³-hybridized carbons (Fsp3) is 0.0952. The zero-order valence-corrected chi connectivity index (χ0v) is 13.1. The Balaban J connectivity index is 1.79. The number of aryl methyl sites for hydroxylation is 1. The second-order valence-corrected chi connectivity index (χ2v) is 5.35. The normalized spacial score (nSPS) is 10.8. The molecule has 3 rings (SSSR count). The largest absolute Gasteiger partial charge is 0.487 e. The van der Waals surface area contributed by atoms with Crippen molar-refractivity contribution in [1.29, 1.82) is 0 Å². The zero-order valence-electron chi connectivity index (χ0n) is 13.1. The molecule has 2 heteroatoms. The van der Waals surface area contributed by atoms with Crippen molar-refractivity contribution in [1.82, 2.24) is 4.98 Å². The SMILES string of the molecule is Cc1ccc(OCc2ccccc2)c(C=Cc2ccccc2)n1. The molecule has 0 bridgehead atoms. The minimum Gasteiger partial charge on any atom is -0.487 e. The molecule has 2 nitrogen and oxygen atoms in total. The van der Waals surface area contributed by atoms with Crippen molar-refractivity contribution in [3.63, 3.8) is 0 Å². The lowest BCUT2D eigenvalue weighted by atomic mass is 10.2. The Kier molecular flexibility index (Phi) is 4.85. The summed E-state index contributed by atoms with van der Waals surface area (Å²) in [7, 11) is 0. The molecular formula is C21H19NO. The highest BCUT2D eigenvalue weighted by atomic mass is 16.5. The van der Waals surface area contributed by atoms with Gasteiger partial charge in [-0.1, -0.05) is 66.7 Å². The number of ether oxygens (including phenoxy) is 1. The van der Waals surface area contributed by atoms with Crippen LogP contribution in [0.15, 0.2) is 72.8 Å². The van der Waals surface area contributed by atoms with Crippen LogP contribution in [0.4, 0.5) is 0 Å². The van der Waals surface area contributed by atoms with Gasteiger partial charge in [0.25, 0.3) is 0 Å². The molecule has 0 aliphatic carbocycles. The Hall–Kier alpha value is -2.87. The average Bonchev–Trinajstić information content (AvgIpc) is 2.61. The highest BCUT2D eigenvalue weighted by molar-refractivity contribution is 5.70. The fourth-order valence-electron chi connectivity index (χ4n) is 2.28. The van der Waals surface area contributed by atoms with E-state index in [0.717, 1.165) is 28.3 Å². The van der Waals surface area contributed by atoms with Crippen LogP contribution in [0.2, 0.25) is 0 Å². The third-order valence-electron chi connectivity index (χ3n) is 3.50. The standard InChI is InChI=1S/C21H19NO/c1-17-12-15-21(23-16-19-10-6-3-7-11-19)20(22-17)14-13-18-8-4-2-5-9-18/h2-15H,16H2,1H3. The van der Waals surface area contributed by atoms with Crippen molar-refractivity contribution >= 4 is 12.2 Å². The molecule has 2 aromatic carbocycles. The van der Waals surface area contributed by atoms with E-state index in [-0.39, 0.29) is 0 Å². The second kappa shape index (κ2) is 7.41. The van der Waals surface area contributed by atoms with E-state index in [1.807, 2.05) is 61.5 Å². The lowest BCUT2D eigenvalue weighted by molar-refractivity contribution is 0.304. The minimum atomic E-state index is 0.539. The third-order valence-corrected chi connectivity index (χ3v) is 3.50. The molecular weight excluding hydrogens is 282 g/mol. The Morgan fingerprint density at radius 2 is 1.52 bits per heavy atom. The fourth-order valence-corrected chi connectivity index (χ4v) is 2.28. The maximum atomic E-state index is 5.95. The topological polar surface area (TPSA) is 22.1 Å². The summed E-state index contributed by atoms with van der Waals surface area (Å²) in [4.78, 5) is 4.59. The van der Waals surface area contributed by atoms with Crippen molar-refractivity contribution < 1.29 is 4.74 Å². The lowest BCUT2D eigenvalue weighted by Crippen LogP contribution is -1.98. The quantitative estimate of drug-likeness (QED) is 0.651. The van der Waals surface area contributed by atoms with Crippen LogP contribution in [0.5, 0.6) is 5.75 Å². The Labute approximate surface area is 137 Å². The van der Waals surface area contributed by atoms with Crippen molar-refractivity contribution in [3.8, 4) is 5.75 Å². The van der Waals surface area contributed by atoms with Crippen LogP contribution in [-0.2, 0) is 6.61 Å². The first-order valence-electron chi connectivity index (χ1n) is 7.69. The highest BCUT2D eigenvalue weighted by Crippen LogP contribution is 2.21. The monoisotopic (exact) mass is 301 g/mol. The summed E-state index contributed by atoms with van der Waals surface area (Å²) in [5, 5.41) is 0. The van der Waals surface area contributed by atoms with Gasteiger partial charge in [0.05, 0.1) is 0 Å². The number of hydrogen-bond donors (Lipinski definition) is 0. The molecule has 0 aliphatic heterocycles. The van der Waals surface area contributed by atoms with E-state index < -0.39 is 0 Å². The average molecular weight is 301 g/mol. The smallest absolute Gasteiger partial charge is 0.145 e. The molecule has 0 unspecified atom stereocenters. The van der Waals surface area contributed by atoms with Gasteiger partial charge >= 0.3 is 0 Å². The lowest BCUT2D eigenvalue weighted by Gasteiger charge is -2.09. The van der Waals surface area contributed by atoms with Gasteiger partial charge in [0.2, 0.25) is 0 Å². The van der Waals surface area contributed by atoms with E-state index in [2.05, 4.69) is 35.3 Å². The first-order valence-corrected chi connectivity index (χ1v) is 7.69. The summed E-state index contributed by atoms with van der Waals surface area (Å²) in [6, 6.07) is 24.3. The molecule has 0 aliphatic rings. The molecule has 1 heterocycles. The molecule has 23 heavy (non-hydrogen) atoms. The van der Waals surface area contributed by atoms with Gasteiger partial charge in [-0.15, -0.1) is 0 Å². The maximum absolute atomic E-state index is 5.95. The molecule has 0 saturated carbocycles. The van der Waals surface area contributed by atoms with E-state index in [9.17, 15) is 0 Å². The van der Waals surface area contributed by atoms with Crippen molar-refractivity contribution in [3.05, 3.63) is 95.3 Å². The van der Waals surface area contributed by atoms with Crippen LogP contribution in [0, 0.1) is 6.92 Å². The molecule has 0 spiro atoms. The summed E-state index contributed by atoms with van der Waals surface area (Å²) in [5.74, 6) is 0.798. The number of hydrogen-bond acceptors (Lipinski definition) is 2. The molecule has 0 saturated heterocycles. The molecule has 114 valence electrons. The molecule has 0 radical (unpaired) electrons. The molecule has 3 aromatic rings. The van der Waals surface area contributed by atoms with Gasteiger partial charge in [-0.3, -0.25) is 0 Å². The van der Waals surface area contributed by atoms with Gasteiger partial charge in [-0.25, -0.2) is 4.98 Å². The van der Waals surface area contributed by atoms with Crippen molar-refractivity contribution in [2.45, 2.75) is 13.5 Å². The maximum Gasteiger partial charge on any atom is 0.145 e. The number of aromatic nitrogens is 1. The number of benzene rings is 2. The van der Waals surface area contributed by atoms with E-state index in [0.29, 0.717) is 6.61 Å². The van der Waals surface area contributed by atoms with Crippen LogP contribution < -0.4 is 4.74 Å². The van der Waals surface area contributed by atoms with E-state index in [4.69, 9.17) is 4.74 Å². The molecule has 0 atom stereocenters. The summed E-state index contributed by atoms with van der Waals surface area (Å²) in [5.41, 5.74) is 4.12. The molecule has 1 aromatic heterocycles. The Bertz CT molecular complexity index is 779. The van der Waals surface area contributed by atoms with Crippen molar-refractivity contribution in [2.75, 3.05) is 0 Å².